The molecule has 0 fully saturated rings. The Bertz CT molecular complexity index is 1550. The van der Waals surface area contributed by atoms with Gasteiger partial charge in [-0.05, 0) is 43.7 Å². The van der Waals surface area contributed by atoms with Gasteiger partial charge in [-0.1, -0.05) is 26.8 Å². The molecule has 1 unspecified atom stereocenters. The molecule has 0 aliphatic carbocycles. The Morgan fingerprint density at radius 3 is 2.73 bits per heavy atom. The minimum absolute atomic E-state index is 0.308. The van der Waals surface area contributed by atoms with Crippen LogP contribution in [0.2, 0.25) is 0 Å². The number of nitrogens with one attached hydrogen (secondary N) is 2. The number of aromatic amines is 1. The quantitative estimate of drug-likeness (QED) is 0.281. The van der Waals surface area contributed by atoms with E-state index in [1.54, 1.807) is 0 Å². The Morgan fingerprint density at radius 1 is 1.16 bits per heavy atom. The van der Waals surface area contributed by atoms with Crippen LogP contribution in [0.1, 0.15) is 49.5 Å². The Labute approximate surface area is 217 Å². The Morgan fingerprint density at radius 2 is 1.97 bits per heavy atom. The molecule has 0 saturated heterocycles. The molecule has 0 saturated carbocycles. The molecule has 8 heteroatoms. The molecule has 37 heavy (non-hydrogen) atoms. The van der Waals surface area contributed by atoms with Crippen LogP contribution in [0, 0.1) is 12.3 Å². The molecular weight excluding hydrogens is 464 g/mol. The number of nitrogens with zero attached hydrogens (tertiary/aromatic N) is 4. The number of aromatic nitrogens is 5. The fourth-order valence-electron chi connectivity index (χ4n) is 4.85. The van der Waals surface area contributed by atoms with Crippen LogP contribution in [0.5, 0.6) is 5.75 Å². The zero-order valence-electron chi connectivity index (χ0n) is 22.5. The fraction of sp³-hybridized carbons (Fsp3) is 0.379. The molecule has 5 rings (SSSR count). The number of fused-ring (bicyclic) bond motifs is 2. The number of H-pyrrole nitrogens is 1. The topological polar surface area (TPSA) is 92.4 Å². The van der Waals surface area contributed by atoms with Crippen LogP contribution in [0.4, 0.5) is 0 Å². The summed E-state index contributed by atoms with van der Waals surface area (Å²) >= 11 is 0. The van der Waals surface area contributed by atoms with Crippen LogP contribution in [0.15, 0.2) is 48.9 Å². The summed E-state index contributed by atoms with van der Waals surface area (Å²) in [5.74, 6) is 0.816. The van der Waals surface area contributed by atoms with Crippen LogP contribution in [0.25, 0.3) is 27.7 Å². The highest BCUT2D eigenvalue weighted by Crippen LogP contribution is 2.38. The van der Waals surface area contributed by atoms with E-state index in [0.29, 0.717) is 13.0 Å². The lowest BCUT2D eigenvalue weighted by Gasteiger charge is -2.25. The van der Waals surface area contributed by atoms with Gasteiger partial charge < -0.3 is 24.5 Å². The molecule has 1 aromatic carbocycles. The van der Waals surface area contributed by atoms with Crippen LogP contribution in [-0.4, -0.2) is 42.9 Å². The monoisotopic (exact) mass is 500 g/mol. The molecule has 8 nitrogen and oxygen atoms in total. The number of pyridine rings is 1. The van der Waals surface area contributed by atoms with Gasteiger partial charge in [-0.3, -0.25) is 4.68 Å². The molecule has 0 aliphatic rings. The second-order valence-corrected chi connectivity index (χ2v) is 10.7. The minimum Gasteiger partial charge on any atom is -0.490 e. The first kappa shape index (κ1) is 25.0. The van der Waals surface area contributed by atoms with Crippen molar-refractivity contribution in [3.63, 3.8) is 0 Å². The van der Waals surface area contributed by atoms with Gasteiger partial charge in [-0.15, -0.1) is 0 Å². The summed E-state index contributed by atoms with van der Waals surface area (Å²) in [6, 6.07) is 10.4. The van der Waals surface area contributed by atoms with E-state index >= 15 is 0 Å². The van der Waals surface area contributed by atoms with Crippen molar-refractivity contribution in [1.29, 1.82) is 0 Å². The zero-order valence-corrected chi connectivity index (χ0v) is 22.5. The van der Waals surface area contributed by atoms with Crippen molar-refractivity contribution in [3.8, 4) is 16.9 Å². The van der Waals surface area contributed by atoms with Gasteiger partial charge in [0, 0.05) is 60.2 Å². The third-order valence-corrected chi connectivity index (χ3v) is 7.10. The predicted octanol–water partition coefficient (Wildman–Crippen LogP) is 4.94. The molecular formula is C29H36N6O2. The van der Waals surface area contributed by atoms with E-state index in [2.05, 4.69) is 55.2 Å². The first-order valence-corrected chi connectivity index (χ1v) is 12.7. The Balaban J connectivity index is 1.49. The number of benzene rings is 1. The predicted molar refractivity (Wildman–Crippen MR) is 147 cm³/mol. The first-order chi connectivity index (χ1) is 17.7. The molecule has 4 aromatic heterocycles. The smallest absolute Gasteiger partial charge is 0.151 e. The average molecular weight is 501 g/mol. The molecule has 3 N–H and O–H groups in total. The highest BCUT2D eigenvalue weighted by molar-refractivity contribution is 5.92. The number of hydrogen-bond acceptors (Lipinski definition) is 5. The van der Waals surface area contributed by atoms with Gasteiger partial charge in [0.2, 0.25) is 0 Å². The van der Waals surface area contributed by atoms with Gasteiger partial charge >= 0.3 is 0 Å². The summed E-state index contributed by atoms with van der Waals surface area (Å²) in [6.07, 6.45) is 5.95. The lowest BCUT2D eigenvalue weighted by molar-refractivity contribution is 0.0575. The number of aliphatic hydroxyl groups excluding tert-OH is 1. The summed E-state index contributed by atoms with van der Waals surface area (Å²) in [7, 11) is 3.86. The normalized spacial score (nSPS) is 13.1. The van der Waals surface area contributed by atoms with Crippen molar-refractivity contribution in [1.82, 2.24) is 29.5 Å². The van der Waals surface area contributed by atoms with Gasteiger partial charge in [0.1, 0.15) is 11.8 Å². The van der Waals surface area contributed by atoms with E-state index in [1.165, 1.54) is 0 Å². The maximum Gasteiger partial charge on any atom is 0.151 e. The van der Waals surface area contributed by atoms with Crippen molar-refractivity contribution in [2.45, 2.75) is 46.8 Å². The summed E-state index contributed by atoms with van der Waals surface area (Å²) in [5, 5.41) is 19.9. The van der Waals surface area contributed by atoms with E-state index in [1.807, 2.05) is 64.9 Å². The van der Waals surface area contributed by atoms with Gasteiger partial charge in [-0.2, -0.15) is 5.10 Å². The second kappa shape index (κ2) is 9.68. The number of hydrogen-bond donors (Lipinski definition) is 3. The summed E-state index contributed by atoms with van der Waals surface area (Å²) < 4.78 is 10.5. The summed E-state index contributed by atoms with van der Waals surface area (Å²) in [5.41, 5.74) is 7.55. The molecule has 0 amide bonds. The van der Waals surface area contributed by atoms with Crippen LogP contribution in [-0.2, 0) is 20.0 Å². The SMILES string of the molecule is CNCc1cnc2ccc(-c3ccc4cc[nH]c4c3OCCc3c(C(O)C(C)(C)C)nn(C)c3C)cn12. The molecule has 0 bridgehead atoms. The highest BCUT2D eigenvalue weighted by Gasteiger charge is 2.30. The van der Waals surface area contributed by atoms with Crippen molar-refractivity contribution in [3.05, 3.63) is 71.6 Å². The average Bonchev–Trinajstić information content (AvgIpc) is 3.57. The van der Waals surface area contributed by atoms with Crippen LogP contribution < -0.4 is 10.1 Å². The van der Waals surface area contributed by atoms with Gasteiger partial charge in [-0.25, -0.2) is 4.98 Å². The Kier molecular flexibility index (Phi) is 6.56. The number of rotatable bonds is 8. The maximum atomic E-state index is 11.0. The summed E-state index contributed by atoms with van der Waals surface area (Å²) in [6.45, 7) is 9.32. The highest BCUT2D eigenvalue weighted by atomic mass is 16.5. The lowest BCUT2D eigenvalue weighted by atomic mass is 9.85. The number of aryl methyl sites for hydroxylation is 1. The van der Waals surface area contributed by atoms with E-state index in [0.717, 1.165) is 62.6 Å². The molecule has 5 aromatic rings. The van der Waals surface area contributed by atoms with Gasteiger partial charge in [0.25, 0.3) is 0 Å². The van der Waals surface area contributed by atoms with Gasteiger partial charge in [0.15, 0.2) is 5.75 Å². The summed E-state index contributed by atoms with van der Waals surface area (Å²) in [4.78, 5) is 7.89. The molecule has 194 valence electrons. The largest absolute Gasteiger partial charge is 0.490 e. The molecule has 0 spiro atoms. The molecule has 0 aliphatic heterocycles. The van der Waals surface area contributed by atoms with E-state index in [9.17, 15) is 5.11 Å². The van der Waals surface area contributed by atoms with Crippen LogP contribution >= 0.6 is 0 Å². The molecule has 0 radical (unpaired) electrons. The van der Waals surface area contributed by atoms with E-state index in [-0.39, 0.29) is 5.41 Å². The van der Waals surface area contributed by atoms with Gasteiger partial charge in [0.05, 0.1) is 29.7 Å². The van der Waals surface area contributed by atoms with E-state index < -0.39 is 6.10 Å². The zero-order chi connectivity index (χ0) is 26.3. The van der Waals surface area contributed by atoms with Crippen molar-refractivity contribution < 1.29 is 9.84 Å². The van der Waals surface area contributed by atoms with Crippen molar-refractivity contribution in [2.75, 3.05) is 13.7 Å². The minimum atomic E-state index is -0.654. The lowest BCUT2D eigenvalue weighted by Crippen LogP contribution is -2.20. The third-order valence-electron chi connectivity index (χ3n) is 7.10. The molecule has 4 heterocycles. The Hall–Kier alpha value is -3.62. The van der Waals surface area contributed by atoms with Crippen molar-refractivity contribution in [2.24, 2.45) is 12.5 Å². The second-order valence-electron chi connectivity index (χ2n) is 10.7. The fourth-order valence-corrected chi connectivity index (χ4v) is 4.85. The maximum absolute atomic E-state index is 11.0. The van der Waals surface area contributed by atoms with Crippen LogP contribution in [0.3, 0.4) is 0 Å². The van der Waals surface area contributed by atoms with E-state index in [4.69, 9.17) is 4.74 Å². The molecule has 1 atom stereocenters. The number of imidazole rings is 1. The third kappa shape index (κ3) is 4.63. The number of aliphatic hydroxyl groups is 1. The standard InChI is InChI=1S/C29H36N6O2/c1-18-22(26(33-34(18)6)28(36)29(2,3)4)12-14-37-27-23(9-7-19-11-13-31-25(19)27)20-8-10-24-32-16-21(15-30-5)35(24)17-20/h7-11,13,16-17,28,30-31,36H,12,14-15H2,1-6H3. The first-order valence-electron chi connectivity index (χ1n) is 12.7. The van der Waals surface area contributed by atoms with Crippen molar-refractivity contribution >= 4 is 16.6 Å². The number of ether oxygens (including phenoxy) is 1.